The summed E-state index contributed by atoms with van der Waals surface area (Å²) in [6.45, 7) is 8.36. The van der Waals surface area contributed by atoms with E-state index in [9.17, 15) is 0 Å². The Balaban J connectivity index is 1.52. The Labute approximate surface area is 215 Å². The van der Waals surface area contributed by atoms with Gasteiger partial charge in [0, 0.05) is 22.3 Å². The lowest BCUT2D eigenvalue weighted by atomic mass is 10.1. The Morgan fingerprint density at radius 3 is 1.54 bits per heavy atom. The molecule has 0 aliphatic carbocycles. The van der Waals surface area contributed by atoms with Crippen molar-refractivity contribution in [2.24, 2.45) is 0 Å². The lowest BCUT2D eigenvalue weighted by molar-refractivity contribution is 0.620. The zero-order chi connectivity index (χ0) is 25.5. The van der Waals surface area contributed by atoms with Crippen LogP contribution in [0.2, 0.25) is 0 Å². The molecule has 0 saturated heterocycles. The quantitative estimate of drug-likeness (QED) is 0.255. The van der Waals surface area contributed by atoms with Crippen LogP contribution in [0.1, 0.15) is 22.3 Å². The number of aromatic nitrogens is 4. The monoisotopic (exact) mass is 482 g/mol. The molecule has 4 aromatic carbocycles. The van der Waals surface area contributed by atoms with Crippen LogP contribution in [0.15, 0.2) is 89.3 Å². The van der Waals surface area contributed by atoms with E-state index in [2.05, 4.69) is 69.1 Å². The first-order valence-electron chi connectivity index (χ1n) is 12.3. The van der Waals surface area contributed by atoms with Gasteiger partial charge in [0.05, 0.1) is 0 Å². The molecular formula is C32H26N4O. The molecule has 0 bridgehead atoms. The van der Waals surface area contributed by atoms with Crippen LogP contribution >= 0.6 is 0 Å². The third kappa shape index (κ3) is 4.64. The van der Waals surface area contributed by atoms with E-state index in [1.54, 1.807) is 0 Å². The molecule has 0 amide bonds. The van der Waals surface area contributed by atoms with Crippen LogP contribution in [0, 0.1) is 27.7 Å². The number of para-hydroxylation sites is 2. The molecule has 5 heteroatoms. The van der Waals surface area contributed by atoms with Gasteiger partial charge in [-0.2, -0.15) is 0 Å². The standard InChI is InChI=1S/C32H26N4O/c1-19-12-20(2)15-25(14-19)30-34-29(35-31(36-30)26-16-21(3)13-22(4)17-26)23-8-7-9-24(18-23)32-33-27-10-5-6-11-28(27)37-32/h5-18H,1-4H3. The summed E-state index contributed by atoms with van der Waals surface area (Å²) < 4.78 is 6.02. The van der Waals surface area contributed by atoms with Gasteiger partial charge in [0.2, 0.25) is 5.89 Å². The summed E-state index contributed by atoms with van der Waals surface area (Å²) >= 11 is 0. The highest BCUT2D eigenvalue weighted by Gasteiger charge is 2.15. The molecule has 2 heterocycles. The molecule has 180 valence electrons. The highest BCUT2D eigenvalue weighted by atomic mass is 16.3. The van der Waals surface area contributed by atoms with Crippen LogP contribution in [0.5, 0.6) is 0 Å². The second kappa shape index (κ2) is 9.10. The number of benzene rings is 4. The number of aryl methyl sites for hydroxylation is 4. The molecule has 0 saturated carbocycles. The molecule has 0 aliphatic rings. The van der Waals surface area contributed by atoms with Gasteiger partial charge in [-0.05, 0) is 76.2 Å². The highest BCUT2D eigenvalue weighted by Crippen LogP contribution is 2.30. The molecule has 6 rings (SSSR count). The van der Waals surface area contributed by atoms with Crippen LogP contribution in [0.3, 0.4) is 0 Å². The summed E-state index contributed by atoms with van der Waals surface area (Å²) in [5, 5.41) is 0. The summed E-state index contributed by atoms with van der Waals surface area (Å²) in [7, 11) is 0. The van der Waals surface area contributed by atoms with E-state index >= 15 is 0 Å². The summed E-state index contributed by atoms with van der Waals surface area (Å²) in [5.74, 6) is 2.48. The minimum atomic E-state index is 0.571. The summed E-state index contributed by atoms with van der Waals surface area (Å²) in [4.78, 5) is 19.4. The Hall–Kier alpha value is -4.64. The van der Waals surface area contributed by atoms with Gasteiger partial charge in [-0.1, -0.05) is 58.7 Å². The van der Waals surface area contributed by atoms with Gasteiger partial charge in [0.15, 0.2) is 23.1 Å². The first-order valence-corrected chi connectivity index (χ1v) is 12.3. The minimum Gasteiger partial charge on any atom is -0.436 e. The lowest BCUT2D eigenvalue weighted by Gasteiger charge is -2.11. The molecule has 0 fully saturated rings. The van der Waals surface area contributed by atoms with Crippen molar-refractivity contribution in [1.29, 1.82) is 0 Å². The van der Waals surface area contributed by atoms with E-state index in [4.69, 9.17) is 19.4 Å². The number of hydrogen-bond donors (Lipinski definition) is 0. The maximum absolute atomic E-state index is 6.02. The third-order valence-corrected chi connectivity index (χ3v) is 6.26. The van der Waals surface area contributed by atoms with Crippen LogP contribution < -0.4 is 0 Å². The molecular weight excluding hydrogens is 456 g/mol. The first-order chi connectivity index (χ1) is 17.9. The fraction of sp³-hybridized carbons (Fsp3) is 0.125. The van der Waals surface area contributed by atoms with Gasteiger partial charge < -0.3 is 4.42 Å². The smallest absolute Gasteiger partial charge is 0.227 e. The van der Waals surface area contributed by atoms with Crippen molar-refractivity contribution in [1.82, 2.24) is 19.9 Å². The van der Waals surface area contributed by atoms with Gasteiger partial charge >= 0.3 is 0 Å². The van der Waals surface area contributed by atoms with Crippen molar-refractivity contribution in [2.75, 3.05) is 0 Å². The van der Waals surface area contributed by atoms with Gasteiger partial charge in [-0.25, -0.2) is 19.9 Å². The number of rotatable bonds is 4. The van der Waals surface area contributed by atoms with Crippen molar-refractivity contribution in [2.45, 2.75) is 27.7 Å². The van der Waals surface area contributed by atoms with E-state index in [1.807, 2.05) is 48.5 Å². The molecule has 37 heavy (non-hydrogen) atoms. The predicted octanol–water partition coefficient (Wildman–Crippen LogP) is 7.91. The average Bonchev–Trinajstić information content (AvgIpc) is 3.32. The Bertz CT molecular complexity index is 1640. The fourth-order valence-electron chi connectivity index (χ4n) is 4.76. The summed E-state index contributed by atoms with van der Waals surface area (Å²) in [6.07, 6.45) is 0. The van der Waals surface area contributed by atoms with E-state index in [0.717, 1.165) is 33.4 Å². The van der Waals surface area contributed by atoms with E-state index < -0.39 is 0 Å². The molecule has 0 N–H and O–H groups in total. The Morgan fingerprint density at radius 1 is 0.459 bits per heavy atom. The maximum atomic E-state index is 6.02. The van der Waals surface area contributed by atoms with E-state index in [-0.39, 0.29) is 0 Å². The molecule has 0 spiro atoms. The molecule has 0 atom stereocenters. The number of oxazole rings is 1. The molecule has 0 radical (unpaired) electrons. The largest absolute Gasteiger partial charge is 0.436 e. The Morgan fingerprint density at radius 2 is 0.973 bits per heavy atom. The van der Waals surface area contributed by atoms with Crippen LogP contribution in [-0.4, -0.2) is 19.9 Å². The normalized spacial score (nSPS) is 11.2. The lowest BCUT2D eigenvalue weighted by Crippen LogP contribution is -2.01. The molecule has 6 aromatic rings. The van der Waals surface area contributed by atoms with Crippen molar-refractivity contribution < 1.29 is 4.42 Å². The van der Waals surface area contributed by atoms with E-state index in [1.165, 1.54) is 22.3 Å². The second-order valence-corrected chi connectivity index (χ2v) is 9.63. The van der Waals surface area contributed by atoms with Gasteiger partial charge in [-0.3, -0.25) is 0 Å². The topological polar surface area (TPSA) is 64.7 Å². The number of fused-ring (bicyclic) bond motifs is 1. The Kier molecular flexibility index (Phi) is 5.61. The van der Waals surface area contributed by atoms with Gasteiger partial charge in [0.25, 0.3) is 0 Å². The minimum absolute atomic E-state index is 0.571. The third-order valence-electron chi connectivity index (χ3n) is 6.26. The molecule has 0 unspecified atom stereocenters. The van der Waals surface area contributed by atoms with Crippen molar-refractivity contribution in [3.63, 3.8) is 0 Å². The summed E-state index contributed by atoms with van der Waals surface area (Å²) in [6, 6.07) is 28.6. The van der Waals surface area contributed by atoms with Crippen molar-refractivity contribution in [3.05, 3.63) is 107 Å². The van der Waals surface area contributed by atoms with Gasteiger partial charge in [-0.15, -0.1) is 0 Å². The predicted molar refractivity (Wildman–Crippen MR) is 148 cm³/mol. The van der Waals surface area contributed by atoms with Gasteiger partial charge in [0.1, 0.15) is 5.52 Å². The molecule has 0 aliphatic heterocycles. The number of nitrogens with zero attached hydrogens (tertiary/aromatic N) is 4. The van der Waals surface area contributed by atoms with Crippen molar-refractivity contribution >= 4 is 11.1 Å². The zero-order valence-corrected chi connectivity index (χ0v) is 21.3. The van der Waals surface area contributed by atoms with E-state index in [0.29, 0.717) is 23.4 Å². The van der Waals surface area contributed by atoms with Crippen LogP contribution in [0.25, 0.3) is 56.7 Å². The van der Waals surface area contributed by atoms with Crippen LogP contribution in [0.4, 0.5) is 0 Å². The molecule has 2 aromatic heterocycles. The summed E-state index contributed by atoms with van der Waals surface area (Å²) in [5.41, 5.74) is 9.96. The average molecular weight is 483 g/mol. The zero-order valence-electron chi connectivity index (χ0n) is 21.3. The second-order valence-electron chi connectivity index (χ2n) is 9.63. The van der Waals surface area contributed by atoms with Crippen molar-refractivity contribution in [3.8, 4) is 45.6 Å². The first kappa shape index (κ1) is 22.8. The highest BCUT2D eigenvalue weighted by molar-refractivity contribution is 5.77. The fourth-order valence-corrected chi connectivity index (χ4v) is 4.76. The maximum Gasteiger partial charge on any atom is 0.227 e. The SMILES string of the molecule is Cc1cc(C)cc(-c2nc(-c3cc(C)cc(C)c3)nc(-c3cccc(-c4nc5ccccc5o4)c3)n2)c1. The number of hydrogen-bond acceptors (Lipinski definition) is 5. The van der Waals surface area contributed by atoms with Crippen LogP contribution in [-0.2, 0) is 0 Å². The molecule has 5 nitrogen and oxygen atoms in total.